The minimum Gasteiger partial charge on any atom is -0.497 e. The number of benzene rings is 2. The van der Waals surface area contributed by atoms with Crippen LogP contribution in [0.3, 0.4) is 0 Å². The molecule has 1 saturated heterocycles. The molecule has 0 bridgehead atoms. The summed E-state index contributed by atoms with van der Waals surface area (Å²) in [7, 11) is -2.08. The predicted molar refractivity (Wildman–Crippen MR) is 134 cm³/mol. The Morgan fingerprint density at radius 1 is 1.03 bits per heavy atom. The summed E-state index contributed by atoms with van der Waals surface area (Å²) >= 11 is 0. The normalized spacial score (nSPS) is 14.8. The van der Waals surface area contributed by atoms with E-state index in [1.165, 1.54) is 3.97 Å². The van der Waals surface area contributed by atoms with E-state index in [1.807, 2.05) is 30.3 Å². The number of rotatable bonds is 6. The Bertz CT molecular complexity index is 1140. The summed E-state index contributed by atoms with van der Waals surface area (Å²) in [6.07, 6.45) is 1.78. The molecule has 0 atom stereocenters. The Morgan fingerprint density at radius 3 is 2.28 bits per heavy atom. The van der Waals surface area contributed by atoms with Crippen LogP contribution >= 0.6 is 24.8 Å². The molecular formula is C23H31Cl2N3O3S. The lowest BCUT2D eigenvalue weighted by Gasteiger charge is -2.26. The molecule has 0 aliphatic carbocycles. The van der Waals surface area contributed by atoms with Gasteiger partial charge in [0, 0.05) is 44.3 Å². The number of nitrogens with one attached hydrogen (secondary N) is 1. The van der Waals surface area contributed by atoms with E-state index in [0.717, 1.165) is 48.4 Å². The lowest BCUT2D eigenvalue weighted by Crippen LogP contribution is -2.42. The summed E-state index contributed by atoms with van der Waals surface area (Å²) in [5.74, 6) is 1.08. The molecule has 176 valence electrons. The van der Waals surface area contributed by atoms with E-state index in [-0.39, 0.29) is 24.8 Å². The van der Waals surface area contributed by atoms with Crippen LogP contribution < -0.4 is 10.1 Å². The third-order valence-corrected chi connectivity index (χ3v) is 7.46. The standard InChI is InChI=1S/C23H29N3O3S.2ClH/c1-17(2)18-4-7-21(8-5-18)30(27,28)26-16-19(15-25-12-10-24-11-13-25)22-14-20(29-3)6-9-23(22)26;;/h4-9,14,16-17,24H,10-13,15H2,1-3H3;2*1H. The number of halogens is 2. The van der Waals surface area contributed by atoms with E-state index in [1.54, 1.807) is 25.4 Å². The molecule has 1 fully saturated rings. The van der Waals surface area contributed by atoms with Crippen molar-refractivity contribution in [2.45, 2.75) is 31.2 Å². The van der Waals surface area contributed by atoms with Crippen LogP contribution in [0.1, 0.15) is 30.9 Å². The van der Waals surface area contributed by atoms with Gasteiger partial charge in [-0.2, -0.15) is 0 Å². The number of piperazine rings is 1. The monoisotopic (exact) mass is 499 g/mol. The summed E-state index contributed by atoms with van der Waals surface area (Å²) in [6.45, 7) is 8.68. The Hall–Kier alpha value is -1.77. The number of ether oxygens (including phenoxy) is 1. The van der Waals surface area contributed by atoms with Crippen LogP contribution in [-0.4, -0.2) is 50.6 Å². The predicted octanol–water partition coefficient (Wildman–Crippen LogP) is 4.26. The van der Waals surface area contributed by atoms with E-state index >= 15 is 0 Å². The molecule has 1 aliphatic rings. The van der Waals surface area contributed by atoms with Gasteiger partial charge < -0.3 is 10.1 Å². The lowest BCUT2D eigenvalue weighted by molar-refractivity contribution is 0.234. The van der Waals surface area contributed by atoms with Gasteiger partial charge in [0.15, 0.2) is 0 Å². The van der Waals surface area contributed by atoms with Gasteiger partial charge in [0.2, 0.25) is 0 Å². The van der Waals surface area contributed by atoms with Crippen molar-refractivity contribution in [3.8, 4) is 5.75 Å². The van der Waals surface area contributed by atoms with Gasteiger partial charge in [-0.25, -0.2) is 12.4 Å². The van der Waals surface area contributed by atoms with Crippen LogP contribution in [0, 0.1) is 0 Å². The number of fused-ring (bicyclic) bond motifs is 1. The summed E-state index contributed by atoms with van der Waals surface area (Å²) in [4.78, 5) is 2.65. The SMILES string of the molecule is COc1ccc2c(c1)c(CN1CCNCC1)cn2S(=O)(=O)c1ccc(C(C)C)cc1.Cl.Cl. The van der Waals surface area contributed by atoms with Crippen molar-refractivity contribution in [1.29, 1.82) is 0 Å². The molecule has 1 aliphatic heterocycles. The minimum absolute atomic E-state index is 0. The molecule has 0 amide bonds. The molecule has 32 heavy (non-hydrogen) atoms. The molecular weight excluding hydrogens is 469 g/mol. The number of nitrogens with zero attached hydrogens (tertiary/aromatic N) is 2. The Balaban J connectivity index is 0.00000181. The molecule has 0 radical (unpaired) electrons. The van der Waals surface area contributed by atoms with Crippen molar-refractivity contribution < 1.29 is 13.2 Å². The van der Waals surface area contributed by atoms with Crippen LogP contribution in [0.25, 0.3) is 10.9 Å². The van der Waals surface area contributed by atoms with Crippen LogP contribution in [-0.2, 0) is 16.6 Å². The molecule has 1 N–H and O–H groups in total. The van der Waals surface area contributed by atoms with Crippen molar-refractivity contribution in [1.82, 2.24) is 14.2 Å². The number of methoxy groups -OCH3 is 1. The lowest BCUT2D eigenvalue weighted by atomic mass is 10.0. The fourth-order valence-electron chi connectivity index (χ4n) is 3.95. The van der Waals surface area contributed by atoms with Gasteiger partial charge in [-0.1, -0.05) is 26.0 Å². The van der Waals surface area contributed by atoms with Crippen LogP contribution in [0.2, 0.25) is 0 Å². The molecule has 2 aromatic carbocycles. The number of hydrogen-bond donors (Lipinski definition) is 1. The largest absolute Gasteiger partial charge is 0.497 e. The van der Waals surface area contributed by atoms with Crippen molar-refractivity contribution in [2.24, 2.45) is 0 Å². The maximum absolute atomic E-state index is 13.5. The number of hydrogen-bond acceptors (Lipinski definition) is 5. The second-order valence-electron chi connectivity index (χ2n) is 8.09. The van der Waals surface area contributed by atoms with E-state index in [0.29, 0.717) is 22.9 Å². The van der Waals surface area contributed by atoms with Gasteiger partial charge in [-0.3, -0.25) is 4.90 Å². The highest BCUT2D eigenvalue weighted by atomic mass is 35.5. The van der Waals surface area contributed by atoms with Crippen molar-refractivity contribution in [2.75, 3.05) is 33.3 Å². The summed E-state index contributed by atoms with van der Waals surface area (Å²) in [5, 5.41) is 4.27. The second kappa shape index (κ2) is 10.9. The zero-order chi connectivity index (χ0) is 21.3. The summed E-state index contributed by atoms with van der Waals surface area (Å²) < 4.78 is 33.8. The maximum Gasteiger partial charge on any atom is 0.268 e. The van der Waals surface area contributed by atoms with Gasteiger partial charge in [0.05, 0.1) is 17.5 Å². The fraction of sp³-hybridized carbons (Fsp3) is 0.391. The van der Waals surface area contributed by atoms with Crippen LogP contribution in [0.4, 0.5) is 0 Å². The smallest absolute Gasteiger partial charge is 0.268 e. The zero-order valence-corrected chi connectivity index (χ0v) is 21.0. The first-order valence-electron chi connectivity index (χ1n) is 10.4. The summed E-state index contributed by atoms with van der Waals surface area (Å²) in [5.41, 5.74) is 2.79. The molecule has 4 rings (SSSR count). The molecule has 6 nitrogen and oxygen atoms in total. The van der Waals surface area contributed by atoms with Crippen molar-refractivity contribution in [3.63, 3.8) is 0 Å². The van der Waals surface area contributed by atoms with Crippen LogP contribution in [0.15, 0.2) is 53.6 Å². The van der Waals surface area contributed by atoms with Gasteiger partial charge in [0.1, 0.15) is 5.75 Å². The average Bonchev–Trinajstić information content (AvgIpc) is 3.13. The topological polar surface area (TPSA) is 63.6 Å². The molecule has 3 aromatic rings. The zero-order valence-electron chi connectivity index (χ0n) is 18.6. The second-order valence-corrected chi connectivity index (χ2v) is 9.90. The third-order valence-electron chi connectivity index (χ3n) is 5.77. The quantitative estimate of drug-likeness (QED) is 0.548. The molecule has 1 aromatic heterocycles. The first kappa shape index (κ1) is 26.5. The van der Waals surface area contributed by atoms with Gasteiger partial charge >= 0.3 is 0 Å². The molecule has 9 heteroatoms. The van der Waals surface area contributed by atoms with Gasteiger partial charge in [-0.15, -0.1) is 24.8 Å². The number of aromatic nitrogens is 1. The first-order chi connectivity index (χ1) is 14.4. The average molecular weight is 500 g/mol. The van der Waals surface area contributed by atoms with Gasteiger partial charge in [0.25, 0.3) is 10.0 Å². The summed E-state index contributed by atoms with van der Waals surface area (Å²) in [6, 6.07) is 12.8. The van der Waals surface area contributed by atoms with Crippen LogP contribution in [0.5, 0.6) is 5.75 Å². The molecule has 0 saturated carbocycles. The highest BCUT2D eigenvalue weighted by Gasteiger charge is 2.23. The van der Waals surface area contributed by atoms with Crippen molar-refractivity contribution >= 4 is 45.7 Å². The highest BCUT2D eigenvalue weighted by Crippen LogP contribution is 2.30. The Kier molecular flexibility index (Phi) is 9.02. The Labute approximate surface area is 202 Å². The Morgan fingerprint density at radius 2 is 1.69 bits per heavy atom. The van der Waals surface area contributed by atoms with E-state index in [2.05, 4.69) is 24.1 Å². The minimum atomic E-state index is -3.70. The molecule has 2 heterocycles. The molecule has 0 unspecified atom stereocenters. The van der Waals surface area contributed by atoms with E-state index < -0.39 is 10.0 Å². The molecule has 0 spiro atoms. The van der Waals surface area contributed by atoms with E-state index in [4.69, 9.17) is 4.74 Å². The van der Waals surface area contributed by atoms with Crippen molar-refractivity contribution in [3.05, 3.63) is 59.8 Å². The fourth-order valence-corrected chi connectivity index (χ4v) is 5.34. The maximum atomic E-state index is 13.5. The third kappa shape index (κ3) is 5.24. The van der Waals surface area contributed by atoms with Gasteiger partial charge in [-0.05, 0) is 47.4 Å². The first-order valence-corrected chi connectivity index (χ1v) is 11.8. The van der Waals surface area contributed by atoms with E-state index in [9.17, 15) is 8.42 Å². The highest BCUT2D eigenvalue weighted by molar-refractivity contribution is 7.90.